The molecule has 2 aliphatic heterocycles. The first-order valence-electron chi connectivity index (χ1n) is 6.99. The first-order chi connectivity index (χ1) is 10.1. The van der Waals surface area contributed by atoms with Gasteiger partial charge in [-0.05, 0) is 11.5 Å². The summed E-state index contributed by atoms with van der Waals surface area (Å²) in [5.41, 5.74) is 1.31. The summed E-state index contributed by atoms with van der Waals surface area (Å²) in [4.78, 5) is 25.8. The number of esters is 1. The lowest BCUT2D eigenvalue weighted by molar-refractivity contribution is -0.156. The van der Waals surface area contributed by atoms with Gasteiger partial charge in [0, 0.05) is 5.41 Å². The van der Waals surface area contributed by atoms with E-state index in [1.807, 2.05) is 44.2 Å². The predicted molar refractivity (Wildman–Crippen MR) is 80.9 cm³/mol. The van der Waals surface area contributed by atoms with Gasteiger partial charge in [-0.1, -0.05) is 44.2 Å². The summed E-state index contributed by atoms with van der Waals surface area (Å²) in [7, 11) is 0. The molecular weight excluding hydrogens is 286 g/mol. The average Bonchev–Trinajstić information content (AvgIpc) is 2.84. The maximum Gasteiger partial charge on any atom is 0.355 e. The van der Waals surface area contributed by atoms with Crippen LogP contribution in [0, 0.1) is 11.8 Å². The highest BCUT2D eigenvalue weighted by molar-refractivity contribution is 8.03. The Hall–Kier alpha value is -1.75. The van der Waals surface area contributed by atoms with Crippen LogP contribution in [0.15, 0.2) is 41.4 Å². The van der Waals surface area contributed by atoms with Crippen LogP contribution in [-0.2, 0) is 20.9 Å². The molecule has 3 rings (SSSR count). The molecule has 2 aliphatic rings. The summed E-state index contributed by atoms with van der Waals surface area (Å²) in [5, 5.41) is 1.81. The van der Waals surface area contributed by atoms with Crippen molar-refractivity contribution in [3.63, 3.8) is 0 Å². The molecule has 110 valence electrons. The lowest BCUT2D eigenvalue weighted by Gasteiger charge is -2.44. The molecule has 0 N–H and O–H groups in total. The molecule has 0 bridgehead atoms. The third kappa shape index (κ3) is 2.46. The smallest absolute Gasteiger partial charge is 0.355 e. The van der Waals surface area contributed by atoms with E-state index in [0.29, 0.717) is 11.6 Å². The summed E-state index contributed by atoms with van der Waals surface area (Å²) in [6, 6.07) is 9.51. The monoisotopic (exact) mass is 303 g/mol. The first-order valence-corrected chi connectivity index (χ1v) is 7.93. The number of ether oxygens (including phenoxy) is 1. The molecule has 0 aliphatic carbocycles. The Balaban J connectivity index is 1.61. The largest absolute Gasteiger partial charge is 0.456 e. The minimum absolute atomic E-state index is 0.00525. The molecule has 5 heteroatoms. The lowest BCUT2D eigenvalue weighted by Crippen LogP contribution is -2.59. The molecule has 0 unspecified atom stereocenters. The topological polar surface area (TPSA) is 46.6 Å². The van der Waals surface area contributed by atoms with Gasteiger partial charge < -0.3 is 4.74 Å². The van der Waals surface area contributed by atoms with Crippen molar-refractivity contribution in [2.75, 3.05) is 0 Å². The van der Waals surface area contributed by atoms with Gasteiger partial charge in [0.2, 0.25) is 5.91 Å². The standard InChI is InChI=1S/C16H17NO3S/c1-10(2)13-14(18)17-12(9-21-15(13)17)16(19)20-8-11-6-4-3-5-7-11/h3-7,9-10,13,15H,8H2,1-2H3/t13-,15+/m0/s1. The van der Waals surface area contributed by atoms with E-state index >= 15 is 0 Å². The van der Waals surface area contributed by atoms with E-state index in [2.05, 4.69) is 0 Å². The third-order valence-electron chi connectivity index (χ3n) is 3.80. The minimum atomic E-state index is -0.426. The van der Waals surface area contributed by atoms with Gasteiger partial charge in [0.15, 0.2) is 0 Å². The number of hydrogen-bond donors (Lipinski definition) is 0. The Labute approximate surface area is 128 Å². The zero-order valence-corrected chi connectivity index (χ0v) is 12.8. The maximum atomic E-state index is 12.1. The highest BCUT2D eigenvalue weighted by Crippen LogP contribution is 2.47. The SMILES string of the molecule is CC(C)[C@H]1C(=O)N2C(C(=O)OCc3ccccc3)=CS[C@H]12. The van der Waals surface area contributed by atoms with Gasteiger partial charge in [0.05, 0.1) is 11.3 Å². The Morgan fingerprint density at radius 1 is 1.33 bits per heavy atom. The van der Waals surface area contributed by atoms with Crippen LogP contribution < -0.4 is 0 Å². The summed E-state index contributed by atoms with van der Waals surface area (Å²) in [6.07, 6.45) is 0. The van der Waals surface area contributed by atoms with Crippen LogP contribution in [0.2, 0.25) is 0 Å². The second kappa shape index (κ2) is 5.56. The summed E-state index contributed by atoms with van der Waals surface area (Å²) in [5.74, 6) is -0.0997. The van der Waals surface area contributed by atoms with E-state index in [1.165, 1.54) is 11.8 Å². The highest BCUT2D eigenvalue weighted by atomic mass is 32.2. The fraction of sp³-hybridized carbons (Fsp3) is 0.375. The maximum absolute atomic E-state index is 12.1. The average molecular weight is 303 g/mol. The molecule has 21 heavy (non-hydrogen) atoms. The van der Waals surface area contributed by atoms with Crippen LogP contribution in [0.5, 0.6) is 0 Å². The molecule has 2 atom stereocenters. The molecular formula is C16H17NO3S. The van der Waals surface area contributed by atoms with Crippen LogP contribution in [0.25, 0.3) is 0 Å². The highest BCUT2D eigenvalue weighted by Gasteiger charge is 2.54. The van der Waals surface area contributed by atoms with Gasteiger partial charge in [-0.25, -0.2) is 4.79 Å². The molecule has 1 aromatic carbocycles. The third-order valence-corrected chi connectivity index (χ3v) is 4.95. The Morgan fingerprint density at radius 3 is 2.71 bits per heavy atom. The number of rotatable bonds is 4. The van der Waals surface area contributed by atoms with Crippen LogP contribution in [0.4, 0.5) is 0 Å². The fourth-order valence-electron chi connectivity index (χ4n) is 2.64. The van der Waals surface area contributed by atoms with Gasteiger partial charge in [-0.15, -0.1) is 11.8 Å². The Bertz CT molecular complexity index is 597. The number of fused-ring (bicyclic) bond motifs is 1. The quantitative estimate of drug-likeness (QED) is 0.634. The van der Waals surface area contributed by atoms with E-state index in [9.17, 15) is 9.59 Å². The van der Waals surface area contributed by atoms with Crippen LogP contribution in [0.3, 0.4) is 0 Å². The van der Waals surface area contributed by atoms with Crippen LogP contribution in [0.1, 0.15) is 19.4 Å². The molecule has 4 nitrogen and oxygen atoms in total. The van der Waals surface area contributed by atoms with Crippen molar-refractivity contribution in [1.29, 1.82) is 0 Å². The van der Waals surface area contributed by atoms with E-state index in [4.69, 9.17) is 4.74 Å². The molecule has 2 heterocycles. The number of carbonyl (C=O) groups is 2. The predicted octanol–water partition coefficient (Wildman–Crippen LogP) is 2.76. The number of thioether (sulfide) groups is 1. The summed E-state index contributed by atoms with van der Waals surface area (Å²) in [6.45, 7) is 4.29. The number of hydrogen-bond acceptors (Lipinski definition) is 4. The molecule has 1 saturated heterocycles. The van der Waals surface area contributed by atoms with E-state index in [0.717, 1.165) is 5.56 Å². The van der Waals surface area contributed by atoms with Crippen molar-refractivity contribution >= 4 is 23.6 Å². The second-order valence-corrected chi connectivity index (χ2v) is 6.56. The van der Waals surface area contributed by atoms with Crippen molar-refractivity contribution in [3.05, 3.63) is 47.0 Å². The number of benzene rings is 1. The van der Waals surface area contributed by atoms with E-state index in [1.54, 1.807) is 10.3 Å². The van der Waals surface area contributed by atoms with E-state index < -0.39 is 5.97 Å². The van der Waals surface area contributed by atoms with Crippen LogP contribution >= 0.6 is 11.8 Å². The van der Waals surface area contributed by atoms with Gasteiger partial charge in [0.25, 0.3) is 0 Å². The van der Waals surface area contributed by atoms with Gasteiger partial charge >= 0.3 is 5.97 Å². The van der Waals surface area contributed by atoms with Gasteiger partial charge in [-0.2, -0.15) is 0 Å². The first kappa shape index (κ1) is 14.2. The van der Waals surface area contributed by atoms with Crippen LogP contribution in [-0.4, -0.2) is 22.2 Å². The number of amides is 1. The molecule has 0 aromatic heterocycles. The Kier molecular flexibility index (Phi) is 3.76. The van der Waals surface area contributed by atoms with E-state index in [-0.39, 0.29) is 23.8 Å². The van der Waals surface area contributed by atoms with Gasteiger partial charge in [0.1, 0.15) is 12.3 Å². The molecule has 1 amide bonds. The number of nitrogens with zero attached hydrogens (tertiary/aromatic N) is 1. The normalized spacial score (nSPS) is 23.7. The lowest BCUT2D eigenvalue weighted by atomic mass is 9.86. The zero-order valence-electron chi connectivity index (χ0n) is 12.0. The van der Waals surface area contributed by atoms with Crippen molar-refractivity contribution in [2.24, 2.45) is 11.8 Å². The van der Waals surface area contributed by atoms with Crippen molar-refractivity contribution in [3.8, 4) is 0 Å². The number of β-lactam (4-membered cyclic amide) rings is 1. The Morgan fingerprint density at radius 2 is 2.05 bits per heavy atom. The second-order valence-electron chi connectivity index (χ2n) is 5.57. The molecule has 1 aromatic rings. The van der Waals surface area contributed by atoms with Crippen molar-refractivity contribution < 1.29 is 14.3 Å². The summed E-state index contributed by atoms with van der Waals surface area (Å²) < 4.78 is 5.29. The van der Waals surface area contributed by atoms with Crippen molar-refractivity contribution in [1.82, 2.24) is 4.90 Å². The zero-order chi connectivity index (χ0) is 15.0. The molecule has 0 spiro atoms. The molecule has 0 radical (unpaired) electrons. The van der Waals surface area contributed by atoms with Gasteiger partial charge in [-0.3, -0.25) is 9.69 Å². The fourth-order valence-corrected chi connectivity index (χ4v) is 4.05. The van der Waals surface area contributed by atoms with Crippen molar-refractivity contribution in [2.45, 2.75) is 25.8 Å². The minimum Gasteiger partial charge on any atom is -0.456 e. The molecule has 1 fully saturated rings. The number of carbonyl (C=O) groups excluding carboxylic acids is 2. The summed E-state index contributed by atoms with van der Waals surface area (Å²) >= 11 is 1.53. The molecule has 0 saturated carbocycles.